The molecule has 0 saturated carbocycles. The van der Waals surface area contributed by atoms with Crippen LogP contribution in [0.1, 0.15) is 26.3 Å². The standard InChI is InChI=1S/C21H25ClFN3O2/c1-21(2,3)28-20(27)26-10-8-25(9-11-26)14-16-13-24-19(23)12-18(16)15-4-6-17(22)7-5-15/h4-7,12-13H,8-11,14H2,1-3H3. The van der Waals surface area contributed by atoms with Gasteiger partial charge in [-0.05, 0) is 49.6 Å². The average Bonchev–Trinajstić information content (AvgIpc) is 2.63. The normalized spacial score (nSPS) is 15.5. The van der Waals surface area contributed by atoms with E-state index in [0.717, 1.165) is 29.8 Å². The minimum atomic E-state index is -0.511. The Morgan fingerprint density at radius 1 is 1.18 bits per heavy atom. The third-order valence-corrected chi connectivity index (χ3v) is 4.78. The molecule has 2 heterocycles. The molecule has 3 rings (SSSR count). The fraction of sp³-hybridized carbons (Fsp3) is 0.429. The Hall–Kier alpha value is -2.18. The smallest absolute Gasteiger partial charge is 0.410 e. The van der Waals surface area contributed by atoms with Crippen LogP contribution < -0.4 is 0 Å². The maximum absolute atomic E-state index is 13.8. The van der Waals surface area contributed by atoms with E-state index in [1.54, 1.807) is 23.2 Å². The van der Waals surface area contributed by atoms with E-state index in [9.17, 15) is 9.18 Å². The topological polar surface area (TPSA) is 45.7 Å². The van der Waals surface area contributed by atoms with Gasteiger partial charge < -0.3 is 9.64 Å². The Bertz CT molecular complexity index is 829. The number of piperazine rings is 1. The summed E-state index contributed by atoms with van der Waals surface area (Å²) < 4.78 is 19.2. The summed E-state index contributed by atoms with van der Waals surface area (Å²) in [5.74, 6) is -0.511. The molecule has 0 spiro atoms. The number of amides is 1. The van der Waals surface area contributed by atoms with Gasteiger partial charge in [0.05, 0.1) is 0 Å². The van der Waals surface area contributed by atoms with Crippen LogP contribution in [0.25, 0.3) is 11.1 Å². The summed E-state index contributed by atoms with van der Waals surface area (Å²) in [6.07, 6.45) is 1.30. The summed E-state index contributed by atoms with van der Waals surface area (Å²) in [7, 11) is 0. The Morgan fingerprint density at radius 2 is 1.82 bits per heavy atom. The first kappa shape index (κ1) is 20.6. The summed E-state index contributed by atoms with van der Waals surface area (Å²) in [5, 5.41) is 0.637. The lowest BCUT2D eigenvalue weighted by Crippen LogP contribution is -2.49. The third-order valence-electron chi connectivity index (χ3n) is 4.53. The van der Waals surface area contributed by atoms with E-state index < -0.39 is 11.5 Å². The molecule has 0 aliphatic carbocycles. The molecule has 2 aromatic rings. The second-order valence-corrected chi connectivity index (χ2v) is 8.35. The number of ether oxygens (including phenoxy) is 1. The molecule has 0 N–H and O–H groups in total. The van der Waals surface area contributed by atoms with Crippen molar-refractivity contribution in [2.45, 2.75) is 32.9 Å². The van der Waals surface area contributed by atoms with Crippen LogP contribution in [0, 0.1) is 5.95 Å². The van der Waals surface area contributed by atoms with E-state index in [-0.39, 0.29) is 6.09 Å². The quantitative estimate of drug-likeness (QED) is 0.700. The van der Waals surface area contributed by atoms with Crippen LogP contribution in [0.15, 0.2) is 36.5 Å². The number of benzene rings is 1. The van der Waals surface area contributed by atoms with E-state index in [1.165, 1.54) is 6.07 Å². The summed E-state index contributed by atoms with van der Waals surface area (Å²) >= 11 is 5.97. The van der Waals surface area contributed by atoms with E-state index in [4.69, 9.17) is 16.3 Å². The number of carbonyl (C=O) groups excluding carboxylic acids is 1. The predicted octanol–water partition coefficient (Wildman–Crippen LogP) is 4.59. The predicted molar refractivity (Wildman–Crippen MR) is 108 cm³/mol. The van der Waals surface area contributed by atoms with Gasteiger partial charge in [-0.15, -0.1) is 0 Å². The highest BCUT2D eigenvalue weighted by Crippen LogP contribution is 2.27. The van der Waals surface area contributed by atoms with Crippen molar-refractivity contribution < 1.29 is 13.9 Å². The molecule has 0 atom stereocenters. The van der Waals surface area contributed by atoms with E-state index in [2.05, 4.69) is 9.88 Å². The van der Waals surface area contributed by atoms with Gasteiger partial charge in [0.15, 0.2) is 0 Å². The van der Waals surface area contributed by atoms with Crippen molar-refractivity contribution in [1.82, 2.24) is 14.8 Å². The number of rotatable bonds is 3. The number of hydrogen-bond acceptors (Lipinski definition) is 4. The first-order chi connectivity index (χ1) is 13.2. The van der Waals surface area contributed by atoms with E-state index in [0.29, 0.717) is 24.7 Å². The molecule has 28 heavy (non-hydrogen) atoms. The zero-order valence-corrected chi connectivity index (χ0v) is 17.2. The van der Waals surface area contributed by atoms with Gasteiger partial charge in [0, 0.05) is 50.0 Å². The Kier molecular flexibility index (Phi) is 6.20. The van der Waals surface area contributed by atoms with Crippen LogP contribution in [0.3, 0.4) is 0 Å². The maximum atomic E-state index is 13.8. The van der Waals surface area contributed by atoms with Gasteiger partial charge >= 0.3 is 6.09 Å². The van der Waals surface area contributed by atoms with Crippen molar-refractivity contribution in [1.29, 1.82) is 0 Å². The third kappa shape index (κ3) is 5.42. The molecular weight excluding hydrogens is 381 g/mol. The van der Waals surface area contributed by atoms with Crippen molar-refractivity contribution in [2.24, 2.45) is 0 Å². The number of halogens is 2. The van der Waals surface area contributed by atoms with Gasteiger partial charge in [-0.25, -0.2) is 9.78 Å². The Labute approximate surface area is 170 Å². The first-order valence-corrected chi connectivity index (χ1v) is 9.70. The Balaban J connectivity index is 1.67. The van der Waals surface area contributed by atoms with Crippen LogP contribution in [0.4, 0.5) is 9.18 Å². The number of aromatic nitrogens is 1. The molecule has 1 aliphatic rings. The minimum Gasteiger partial charge on any atom is -0.444 e. The summed E-state index contributed by atoms with van der Waals surface area (Å²) in [4.78, 5) is 20.0. The first-order valence-electron chi connectivity index (χ1n) is 9.32. The molecule has 0 radical (unpaired) electrons. The SMILES string of the molecule is CC(C)(C)OC(=O)N1CCN(Cc2cnc(F)cc2-c2ccc(Cl)cc2)CC1. The second-order valence-electron chi connectivity index (χ2n) is 7.91. The number of pyridine rings is 1. The van der Waals surface area contributed by atoms with Crippen LogP contribution in [0.2, 0.25) is 5.02 Å². The van der Waals surface area contributed by atoms with Gasteiger partial charge in [-0.3, -0.25) is 4.90 Å². The second kappa shape index (κ2) is 8.45. The molecule has 0 bridgehead atoms. The molecular formula is C21H25ClFN3O2. The monoisotopic (exact) mass is 405 g/mol. The molecule has 0 unspecified atom stereocenters. The highest BCUT2D eigenvalue weighted by Gasteiger charge is 2.26. The summed E-state index contributed by atoms with van der Waals surface area (Å²) in [6, 6.07) is 8.79. The fourth-order valence-corrected chi connectivity index (χ4v) is 3.26. The molecule has 1 aliphatic heterocycles. The largest absolute Gasteiger partial charge is 0.444 e. The maximum Gasteiger partial charge on any atom is 0.410 e. The molecule has 1 fully saturated rings. The molecule has 7 heteroatoms. The molecule has 1 saturated heterocycles. The van der Waals surface area contributed by atoms with Crippen molar-refractivity contribution in [3.8, 4) is 11.1 Å². The van der Waals surface area contributed by atoms with Crippen LogP contribution in [0.5, 0.6) is 0 Å². The summed E-state index contributed by atoms with van der Waals surface area (Å²) in [6.45, 7) is 8.85. The van der Waals surface area contributed by atoms with E-state index >= 15 is 0 Å². The number of hydrogen-bond donors (Lipinski definition) is 0. The summed E-state index contributed by atoms with van der Waals surface area (Å²) in [5.41, 5.74) is 2.14. The Morgan fingerprint density at radius 3 is 2.43 bits per heavy atom. The van der Waals surface area contributed by atoms with Gasteiger partial charge in [0.1, 0.15) is 5.60 Å². The molecule has 150 valence electrons. The van der Waals surface area contributed by atoms with Gasteiger partial charge in [-0.1, -0.05) is 23.7 Å². The van der Waals surface area contributed by atoms with Gasteiger partial charge in [0.2, 0.25) is 5.95 Å². The lowest BCUT2D eigenvalue weighted by atomic mass is 10.0. The van der Waals surface area contributed by atoms with Crippen LogP contribution in [-0.4, -0.2) is 52.7 Å². The van der Waals surface area contributed by atoms with Gasteiger partial charge in [0.25, 0.3) is 0 Å². The number of nitrogens with zero attached hydrogens (tertiary/aromatic N) is 3. The van der Waals surface area contributed by atoms with E-state index in [1.807, 2.05) is 32.9 Å². The van der Waals surface area contributed by atoms with Crippen molar-refractivity contribution in [3.05, 3.63) is 53.1 Å². The minimum absolute atomic E-state index is 0.280. The van der Waals surface area contributed by atoms with Crippen LogP contribution in [-0.2, 0) is 11.3 Å². The zero-order chi connectivity index (χ0) is 20.3. The molecule has 1 aromatic carbocycles. The highest BCUT2D eigenvalue weighted by molar-refractivity contribution is 6.30. The lowest BCUT2D eigenvalue weighted by molar-refractivity contribution is 0.0139. The van der Waals surface area contributed by atoms with Crippen molar-refractivity contribution in [3.63, 3.8) is 0 Å². The zero-order valence-electron chi connectivity index (χ0n) is 16.4. The highest BCUT2D eigenvalue weighted by atomic mass is 35.5. The van der Waals surface area contributed by atoms with Crippen molar-refractivity contribution >= 4 is 17.7 Å². The van der Waals surface area contributed by atoms with Crippen LogP contribution >= 0.6 is 11.6 Å². The lowest BCUT2D eigenvalue weighted by Gasteiger charge is -2.35. The molecule has 1 amide bonds. The molecule has 1 aromatic heterocycles. The average molecular weight is 406 g/mol. The van der Waals surface area contributed by atoms with Gasteiger partial charge in [-0.2, -0.15) is 4.39 Å². The number of carbonyl (C=O) groups is 1. The van der Waals surface area contributed by atoms with Crippen molar-refractivity contribution in [2.75, 3.05) is 26.2 Å². The molecule has 5 nitrogen and oxygen atoms in total. The fourth-order valence-electron chi connectivity index (χ4n) is 3.14.